The van der Waals surface area contributed by atoms with Gasteiger partial charge in [-0.25, -0.2) is 8.42 Å². The van der Waals surface area contributed by atoms with E-state index in [-0.39, 0.29) is 16.7 Å². The number of piperidine rings is 1. The molecule has 1 amide bonds. The number of sulfonamides is 1. The topological polar surface area (TPSA) is 75.7 Å². The SMILES string of the molecule is CC1CC(C)CN(S(=O)(=O)c2ccc(NC(=O)C3CCOCC3)cc2)C1. The van der Waals surface area contributed by atoms with Crippen LogP contribution in [-0.2, 0) is 19.6 Å². The first-order valence-electron chi connectivity index (χ1n) is 9.35. The second-order valence-corrected chi connectivity index (χ2v) is 9.61. The van der Waals surface area contributed by atoms with Crippen LogP contribution in [0.5, 0.6) is 0 Å². The zero-order valence-corrected chi connectivity index (χ0v) is 16.3. The molecule has 26 heavy (non-hydrogen) atoms. The summed E-state index contributed by atoms with van der Waals surface area (Å²) in [6.45, 7) is 6.54. The molecular weight excluding hydrogens is 352 g/mol. The average Bonchev–Trinajstić information content (AvgIpc) is 2.62. The largest absolute Gasteiger partial charge is 0.381 e. The molecule has 144 valence electrons. The summed E-state index contributed by atoms with van der Waals surface area (Å²) in [5.74, 6) is 0.671. The van der Waals surface area contributed by atoms with Crippen LogP contribution in [0, 0.1) is 17.8 Å². The Morgan fingerprint density at radius 3 is 2.23 bits per heavy atom. The molecule has 1 aromatic carbocycles. The molecule has 0 radical (unpaired) electrons. The summed E-state index contributed by atoms with van der Waals surface area (Å²) >= 11 is 0. The Morgan fingerprint density at radius 1 is 1.08 bits per heavy atom. The minimum atomic E-state index is -3.49. The third-order valence-corrected chi connectivity index (χ3v) is 7.03. The van der Waals surface area contributed by atoms with E-state index in [1.165, 1.54) is 0 Å². The Bertz CT molecular complexity index is 716. The maximum Gasteiger partial charge on any atom is 0.243 e. The van der Waals surface area contributed by atoms with E-state index in [1.54, 1.807) is 28.6 Å². The Morgan fingerprint density at radius 2 is 1.65 bits per heavy atom. The summed E-state index contributed by atoms with van der Waals surface area (Å²) in [5.41, 5.74) is 0.626. The van der Waals surface area contributed by atoms with E-state index in [4.69, 9.17) is 4.74 Å². The second kappa shape index (κ2) is 8.06. The van der Waals surface area contributed by atoms with Crippen molar-refractivity contribution in [2.75, 3.05) is 31.6 Å². The van der Waals surface area contributed by atoms with E-state index in [0.29, 0.717) is 43.8 Å². The standard InChI is InChI=1S/C19H28N2O4S/c1-14-11-15(2)13-21(12-14)26(23,24)18-5-3-17(4-6-18)20-19(22)16-7-9-25-10-8-16/h3-6,14-16H,7-13H2,1-2H3,(H,20,22). The van der Waals surface area contributed by atoms with Gasteiger partial charge in [0.2, 0.25) is 15.9 Å². The lowest BCUT2D eigenvalue weighted by Crippen LogP contribution is -2.42. The number of nitrogens with one attached hydrogen (secondary N) is 1. The van der Waals surface area contributed by atoms with Crippen LogP contribution in [0.3, 0.4) is 0 Å². The van der Waals surface area contributed by atoms with Crippen molar-refractivity contribution in [1.82, 2.24) is 4.31 Å². The first-order chi connectivity index (χ1) is 12.4. The van der Waals surface area contributed by atoms with E-state index < -0.39 is 10.0 Å². The number of hydrogen-bond donors (Lipinski definition) is 1. The van der Waals surface area contributed by atoms with Gasteiger partial charge >= 0.3 is 0 Å². The fourth-order valence-electron chi connectivity index (χ4n) is 3.87. The average molecular weight is 381 g/mol. The van der Waals surface area contributed by atoms with Gasteiger partial charge in [-0.15, -0.1) is 0 Å². The predicted molar refractivity (Wildman–Crippen MR) is 100 cm³/mol. The summed E-state index contributed by atoms with van der Waals surface area (Å²) in [6, 6.07) is 6.50. The molecule has 0 bridgehead atoms. The van der Waals surface area contributed by atoms with Crippen molar-refractivity contribution in [3.8, 4) is 0 Å². The van der Waals surface area contributed by atoms with Crippen LogP contribution in [0.1, 0.15) is 33.1 Å². The van der Waals surface area contributed by atoms with Gasteiger partial charge in [0.1, 0.15) is 0 Å². The summed E-state index contributed by atoms with van der Waals surface area (Å²) in [4.78, 5) is 12.6. The molecular formula is C19H28N2O4S. The number of hydrogen-bond acceptors (Lipinski definition) is 4. The monoisotopic (exact) mass is 380 g/mol. The van der Waals surface area contributed by atoms with Gasteiger partial charge in [-0.1, -0.05) is 13.8 Å². The van der Waals surface area contributed by atoms with Crippen LogP contribution < -0.4 is 5.32 Å². The third-order valence-electron chi connectivity index (χ3n) is 5.19. The van der Waals surface area contributed by atoms with E-state index in [9.17, 15) is 13.2 Å². The molecule has 7 heteroatoms. The quantitative estimate of drug-likeness (QED) is 0.871. The molecule has 3 rings (SSSR count). The summed E-state index contributed by atoms with van der Waals surface area (Å²) < 4.78 is 32.6. The van der Waals surface area contributed by atoms with Crippen LogP contribution in [0.2, 0.25) is 0 Å². The number of amides is 1. The predicted octanol–water partition coefficient (Wildman–Crippen LogP) is 2.72. The zero-order chi connectivity index (χ0) is 18.7. The molecule has 2 unspecified atom stereocenters. The Balaban J connectivity index is 1.67. The molecule has 0 saturated carbocycles. The number of nitrogens with zero attached hydrogens (tertiary/aromatic N) is 1. The number of ether oxygens (including phenoxy) is 1. The molecule has 0 spiro atoms. The van der Waals surface area contributed by atoms with Gasteiger partial charge in [-0.3, -0.25) is 4.79 Å². The van der Waals surface area contributed by atoms with Crippen molar-refractivity contribution in [3.05, 3.63) is 24.3 Å². The highest BCUT2D eigenvalue weighted by atomic mass is 32.2. The van der Waals surface area contributed by atoms with Gasteiger partial charge < -0.3 is 10.1 Å². The smallest absolute Gasteiger partial charge is 0.243 e. The molecule has 2 atom stereocenters. The highest BCUT2D eigenvalue weighted by Crippen LogP contribution is 2.27. The fourth-order valence-corrected chi connectivity index (χ4v) is 5.55. The fraction of sp³-hybridized carbons (Fsp3) is 0.632. The molecule has 1 N–H and O–H groups in total. The van der Waals surface area contributed by atoms with Crippen molar-refractivity contribution in [2.24, 2.45) is 17.8 Å². The van der Waals surface area contributed by atoms with Crippen molar-refractivity contribution < 1.29 is 17.9 Å². The van der Waals surface area contributed by atoms with Crippen LogP contribution in [0.15, 0.2) is 29.2 Å². The molecule has 0 aliphatic carbocycles. The summed E-state index contributed by atoms with van der Waals surface area (Å²) in [7, 11) is -3.49. The van der Waals surface area contributed by atoms with Gasteiger partial charge in [-0.05, 0) is 55.4 Å². The number of benzene rings is 1. The van der Waals surface area contributed by atoms with Gasteiger partial charge in [0, 0.05) is 37.9 Å². The van der Waals surface area contributed by atoms with Gasteiger partial charge in [0.05, 0.1) is 4.90 Å². The lowest BCUT2D eigenvalue weighted by Gasteiger charge is -2.34. The first-order valence-corrected chi connectivity index (χ1v) is 10.8. The summed E-state index contributed by atoms with van der Waals surface area (Å²) in [6.07, 6.45) is 2.51. The maximum atomic E-state index is 12.9. The minimum absolute atomic E-state index is 0.0254. The molecule has 2 aliphatic heterocycles. The number of carbonyl (C=O) groups excluding carboxylic acids is 1. The molecule has 2 saturated heterocycles. The molecule has 2 fully saturated rings. The molecule has 0 aromatic heterocycles. The molecule has 1 aromatic rings. The summed E-state index contributed by atoms with van der Waals surface area (Å²) in [5, 5.41) is 2.88. The highest BCUT2D eigenvalue weighted by Gasteiger charge is 2.31. The highest BCUT2D eigenvalue weighted by molar-refractivity contribution is 7.89. The van der Waals surface area contributed by atoms with Crippen molar-refractivity contribution in [1.29, 1.82) is 0 Å². The van der Waals surface area contributed by atoms with E-state index in [0.717, 1.165) is 19.3 Å². The van der Waals surface area contributed by atoms with Crippen molar-refractivity contribution >= 4 is 21.6 Å². The lowest BCUT2D eigenvalue weighted by molar-refractivity contribution is -0.122. The normalized spacial score (nSPS) is 25.8. The van der Waals surface area contributed by atoms with Crippen molar-refractivity contribution in [2.45, 2.75) is 38.0 Å². The van der Waals surface area contributed by atoms with E-state index in [1.807, 2.05) is 0 Å². The van der Waals surface area contributed by atoms with Crippen LogP contribution in [-0.4, -0.2) is 44.9 Å². The van der Waals surface area contributed by atoms with Crippen LogP contribution >= 0.6 is 0 Å². The third kappa shape index (κ3) is 4.45. The van der Waals surface area contributed by atoms with E-state index in [2.05, 4.69) is 19.2 Å². The van der Waals surface area contributed by atoms with Gasteiger partial charge in [-0.2, -0.15) is 4.31 Å². The van der Waals surface area contributed by atoms with Gasteiger partial charge in [0.25, 0.3) is 0 Å². The maximum absolute atomic E-state index is 12.9. The number of carbonyl (C=O) groups is 1. The Labute approximate surface area is 156 Å². The zero-order valence-electron chi connectivity index (χ0n) is 15.5. The first kappa shape index (κ1) is 19.3. The minimum Gasteiger partial charge on any atom is -0.381 e. The molecule has 2 heterocycles. The number of anilines is 1. The molecule has 2 aliphatic rings. The second-order valence-electron chi connectivity index (χ2n) is 7.67. The van der Waals surface area contributed by atoms with E-state index >= 15 is 0 Å². The van der Waals surface area contributed by atoms with Gasteiger partial charge in [0.15, 0.2) is 0 Å². The number of rotatable bonds is 4. The van der Waals surface area contributed by atoms with Crippen LogP contribution in [0.4, 0.5) is 5.69 Å². The molecule has 6 nitrogen and oxygen atoms in total. The van der Waals surface area contributed by atoms with Crippen molar-refractivity contribution in [3.63, 3.8) is 0 Å². The Hall–Kier alpha value is -1.44. The van der Waals surface area contributed by atoms with Crippen LogP contribution in [0.25, 0.3) is 0 Å². The Kier molecular flexibility index (Phi) is 5.99. The lowest BCUT2D eigenvalue weighted by atomic mass is 9.94.